The molecule has 4 nitrogen and oxygen atoms in total. The van der Waals surface area contributed by atoms with Crippen molar-refractivity contribution in [2.75, 3.05) is 19.6 Å². The molecule has 1 aliphatic carbocycles. The van der Waals surface area contributed by atoms with Gasteiger partial charge in [-0.3, -0.25) is 9.69 Å². The Kier molecular flexibility index (Phi) is 6.97. The number of nitrogens with zero attached hydrogens (tertiary/aromatic N) is 1. The van der Waals surface area contributed by atoms with Crippen LogP contribution in [0.15, 0.2) is 0 Å². The molecule has 2 rings (SSSR count). The van der Waals surface area contributed by atoms with Gasteiger partial charge in [0.1, 0.15) is 0 Å². The van der Waals surface area contributed by atoms with Gasteiger partial charge in [0.25, 0.3) is 0 Å². The minimum absolute atomic E-state index is 0.153. The van der Waals surface area contributed by atoms with Crippen LogP contribution in [0.1, 0.15) is 64.7 Å². The summed E-state index contributed by atoms with van der Waals surface area (Å²) in [5.41, 5.74) is 0. The highest BCUT2D eigenvalue weighted by Gasteiger charge is 2.36. The molecular formula is C17H32N2O2. The van der Waals surface area contributed by atoms with Crippen molar-refractivity contribution < 1.29 is 9.90 Å². The molecule has 0 aromatic heterocycles. The number of rotatable bonds is 6. The largest absolute Gasteiger partial charge is 0.393 e. The molecule has 1 amide bonds. The van der Waals surface area contributed by atoms with Gasteiger partial charge in [-0.1, -0.05) is 32.6 Å². The molecule has 0 aromatic rings. The summed E-state index contributed by atoms with van der Waals surface area (Å²) in [5.74, 6) is 0.531. The minimum Gasteiger partial charge on any atom is -0.393 e. The van der Waals surface area contributed by atoms with E-state index in [4.69, 9.17) is 0 Å². The van der Waals surface area contributed by atoms with Crippen LogP contribution in [0.25, 0.3) is 0 Å². The fraction of sp³-hybridized carbons (Fsp3) is 0.941. The standard InChI is InChI=1S/C17H32N2O2/c1-2-3-11-18-17(21)13-19-12-7-6-9-15(19)14-8-4-5-10-16(14)20/h14-16,20H,2-13H2,1H3,(H,18,21). The Morgan fingerprint density at radius 1 is 1.19 bits per heavy atom. The summed E-state index contributed by atoms with van der Waals surface area (Å²) in [6.07, 6.45) is 10.0. The van der Waals surface area contributed by atoms with Gasteiger partial charge in [-0.2, -0.15) is 0 Å². The van der Waals surface area contributed by atoms with Crippen molar-refractivity contribution in [3.63, 3.8) is 0 Å². The van der Waals surface area contributed by atoms with E-state index in [1.807, 2.05) is 0 Å². The molecule has 2 N–H and O–H groups in total. The van der Waals surface area contributed by atoms with Crippen molar-refractivity contribution in [3.05, 3.63) is 0 Å². The average Bonchev–Trinajstić information content (AvgIpc) is 2.49. The zero-order valence-corrected chi connectivity index (χ0v) is 13.5. The lowest BCUT2D eigenvalue weighted by atomic mass is 9.78. The van der Waals surface area contributed by atoms with Crippen LogP contribution < -0.4 is 5.32 Å². The Hall–Kier alpha value is -0.610. The fourth-order valence-corrected chi connectivity index (χ4v) is 3.93. The summed E-state index contributed by atoms with van der Waals surface area (Å²) in [4.78, 5) is 14.4. The number of nitrogens with one attached hydrogen (secondary N) is 1. The normalized spacial score (nSPS) is 31.0. The van der Waals surface area contributed by atoms with Gasteiger partial charge in [-0.25, -0.2) is 0 Å². The molecule has 0 radical (unpaired) electrons. The second kappa shape index (κ2) is 8.74. The van der Waals surface area contributed by atoms with Gasteiger partial charge in [0.05, 0.1) is 12.6 Å². The molecule has 3 atom stereocenters. The van der Waals surface area contributed by atoms with Crippen LogP contribution in [0.5, 0.6) is 0 Å². The molecule has 21 heavy (non-hydrogen) atoms. The van der Waals surface area contributed by atoms with E-state index in [0.29, 0.717) is 18.5 Å². The van der Waals surface area contributed by atoms with Crippen molar-refractivity contribution in [2.24, 2.45) is 5.92 Å². The maximum atomic E-state index is 12.1. The topological polar surface area (TPSA) is 52.6 Å². The maximum Gasteiger partial charge on any atom is 0.234 e. The molecular weight excluding hydrogens is 264 g/mol. The molecule has 1 saturated carbocycles. The lowest BCUT2D eigenvalue weighted by Gasteiger charge is -2.43. The first-order chi connectivity index (χ1) is 10.2. The first-order valence-electron chi connectivity index (χ1n) is 8.91. The Labute approximate surface area is 129 Å². The van der Waals surface area contributed by atoms with E-state index in [1.54, 1.807) is 0 Å². The number of likely N-dealkylation sites (tertiary alicyclic amines) is 1. The molecule has 1 aliphatic heterocycles. The third kappa shape index (κ3) is 4.96. The van der Waals surface area contributed by atoms with Gasteiger partial charge in [0.15, 0.2) is 0 Å². The van der Waals surface area contributed by atoms with Gasteiger partial charge >= 0.3 is 0 Å². The van der Waals surface area contributed by atoms with Crippen LogP contribution in [-0.4, -0.2) is 47.7 Å². The zero-order chi connectivity index (χ0) is 15.1. The lowest BCUT2D eigenvalue weighted by molar-refractivity contribution is -0.124. The van der Waals surface area contributed by atoms with Gasteiger partial charge in [0, 0.05) is 18.5 Å². The third-order valence-electron chi connectivity index (χ3n) is 5.14. The summed E-state index contributed by atoms with van der Waals surface area (Å²) in [5, 5.41) is 13.3. The molecule has 0 aromatic carbocycles. The fourth-order valence-electron chi connectivity index (χ4n) is 3.93. The zero-order valence-electron chi connectivity index (χ0n) is 13.5. The monoisotopic (exact) mass is 296 g/mol. The number of aliphatic hydroxyl groups is 1. The van der Waals surface area contributed by atoms with Crippen molar-refractivity contribution >= 4 is 5.91 Å². The molecule has 0 spiro atoms. The summed E-state index contributed by atoms with van der Waals surface area (Å²) >= 11 is 0. The summed E-state index contributed by atoms with van der Waals surface area (Å²) < 4.78 is 0. The number of hydrogen-bond donors (Lipinski definition) is 2. The second-order valence-electron chi connectivity index (χ2n) is 6.75. The van der Waals surface area contributed by atoms with E-state index in [-0.39, 0.29) is 12.0 Å². The van der Waals surface area contributed by atoms with Gasteiger partial charge in [-0.05, 0) is 38.6 Å². The number of piperidine rings is 1. The first kappa shape index (κ1) is 16.8. The van der Waals surface area contributed by atoms with Crippen LogP contribution in [0.3, 0.4) is 0 Å². The predicted octanol–water partition coefficient (Wildman–Crippen LogP) is 2.31. The number of hydrogen-bond acceptors (Lipinski definition) is 3. The SMILES string of the molecule is CCCCNC(=O)CN1CCCCC1C1CCCCC1O. The molecule has 1 heterocycles. The highest BCUT2D eigenvalue weighted by Crippen LogP contribution is 2.33. The molecule has 0 bridgehead atoms. The molecule has 2 aliphatic rings. The van der Waals surface area contributed by atoms with E-state index in [0.717, 1.165) is 51.6 Å². The van der Waals surface area contributed by atoms with Crippen molar-refractivity contribution in [3.8, 4) is 0 Å². The smallest absolute Gasteiger partial charge is 0.234 e. The number of unbranched alkanes of at least 4 members (excludes halogenated alkanes) is 1. The minimum atomic E-state index is -0.160. The van der Waals surface area contributed by atoms with Crippen molar-refractivity contribution in [1.82, 2.24) is 10.2 Å². The van der Waals surface area contributed by atoms with E-state index in [2.05, 4.69) is 17.1 Å². The number of amides is 1. The van der Waals surface area contributed by atoms with Crippen LogP contribution >= 0.6 is 0 Å². The molecule has 2 fully saturated rings. The van der Waals surface area contributed by atoms with Crippen molar-refractivity contribution in [2.45, 2.75) is 76.9 Å². The predicted molar refractivity (Wildman–Crippen MR) is 85.1 cm³/mol. The van der Waals surface area contributed by atoms with Crippen molar-refractivity contribution in [1.29, 1.82) is 0 Å². The second-order valence-corrected chi connectivity index (χ2v) is 6.75. The van der Waals surface area contributed by atoms with Crippen LogP contribution in [0.4, 0.5) is 0 Å². The Morgan fingerprint density at radius 2 is 1.95 bits per heavy atom. The van der Waals surface area contributed by atoms with E-state index in [9.17, 15) is 9.90 Å². The molecule has 4 heteroatoms. The van der Waals surface area contributed by atoms with Crippen LogP contribution in [-0.2, 0) is 4.79 Å². The Bertz CT molecular complexity index is 322. The van der Waals surface area contributed by atoms with Gasteiger partial charge in [0.2, 0.25) is 5.91 Å². The van der Waals surface area contributed by atoms with Gasteiger partial charge < -0.3 is 10.4 Å². The Morgan fingerprint density at radius 3 is 2.71 bits per heavy atom. The lowest BCUT2D eigenvalue weighted by Crippen LogP contribution is -2.51. The van der Waals surface area contributed by atoms with Crippen LogP contribution in [0.2, 0.25) is 0 Å². The summed E-state index contributed by atoms with van der Waals surface area (Å²) in [7, 11) is 0. The quantitative estimate of drug-likeness (QED) is 0.740. The van der Waals surface area contributed by atoms with E-state index >= 15 is 0 Å². The van der Waals surface area contributed by atoms with E-state index in [1.165, 1.54) is 19.3 Å². The number of aliphatic hydroxyl groups excluding tert-OH is 1. The maximum absolute atomic E-state index is 12.1. The average molecular weight is 296 g/mol. The highest BCUT2D eigenvalue weighted by atomic mass is 16.3. The summed E-state index contributed by atoms with van der Waals surface area (Å²) in [6.45, 7) is 4.45. The number of carbonyl (C=O) groups excluding carboxylic acids is 1. The third-order valence-corrected chi connectivity index (χ3v) is 5.14. The molecule has 1 saturated heterocycles. The van der Waals surface area contributed by atoms with Crippen LogP contribution in [0, 0.1) is 5.92 Å². The number of carbonyl (C=O) groups is 1. The van der Waals surface area contributed by atoms with E-state index < -0.39 is 0 Å². The van der Waals surface area contributed by atoms with Gasteiger partial charge in [-0.15, -0.1) is 0 Å². The highest BCUT2D eigenvalue weighted by molar-refractivity contribution is 5.78. The molecule has 3 unspecified atom stereocenters. The summed E-state index contributed by atoms with van der Waals surface area (Å²) in [6, 6.07) is 0.408. The first-order valence-corrected chi connectivity index (χ1v) is 8.91. The Balaban J connectivity index is 1.87. The molecule has 122 valence electrons.